The molecule has 0 unspecified atom stereocenters. The zero-order chi connectivity index (χ0) is 7.86. The topological polar surface area (TPSA) is 0 Å². The van der Waals surface area contributed by atoms with Crippen molar-refractivity contribution >= 4 is 43.8 Å². The molecule has 0 heterocycles. The summed E-state index contributed by atoms with van der Waals surface area (Å²) in [7, 11) is 0.778. The van der Waals surface area contributed by atoms with Gasteiger partial charge in [0.1, 0.15) is 14.4 Å². The molecule has 0 saturated heterocycles. The van der Waals surface area contributed by atoms with Crippen molar-refractivity contribution in [3.8, 4) is 0 Å². The second-order valence-electron chi connectivity index (χ2n) is 2.02. The molecule has 0 aromatic carbocycles. The van der Waals surface area contributed by atoms with E-state index in [2.05, 4.69) is 13.8 Å². The van der Waals surface area contributed by atoms with Gasteiger partial charge in [-0.1, -0.05) is 13.8 Å². The van der Waals surface area contributed by atoms with Gasteiger partial charge in [-0.05, 0) is 12.3 Å². The summed E-state index contributed by atoms with van der Waals surface area (Å²) in [6.07, 6.45) is 0.892. The molecule has 0 N–H and O–H groups in total. The van der Waals surface area contributed by atoms with Crippen molar-refractivity contribution in [1.82, 2.24) is 0 Å². The fourth-order valence-corrected chi connectivity index (χ4v) is 1.07. The predicted octanol–water partition coefficient (Wildman–Crippen LogP) is 2.34. The van der Waals surface area contributed by atoms with Gasteiger partial charge in [0.15, 0.2) is 0 Å². The average Bonchev–Trinajstić information content (AvgIpc) is 1.68. The minimum Gasteiger partial charge on any atom is -0.181 e. The summed E-state index contributed by atoms with van der Waals surface area (Å²) in [5, 5.41) is 0. The standard InChI is InChI=1S/C5H10Cl2.ClH3Si/c1-4(2)3-5(6)7;1-2/h4-5H,3H2,1-2H3;2H3. The average molecular weight is 208 g/mol. The van der Waals surface area contributed by atoms with Crippen LogP contribution in [0.4, 0.5) is 0 Å². The van der Waals surface area contributed by atoms with E-state index < -0.39 is 0 Å². The molecule has 0 aromatic rings. The SMILES string of the molecule is CC(C)CC(Cl)Cl.[SiH3]Cl. The molecule has 0 amide bonds. The normalized spacial score (nSPS) is 9.67. The Hall–Kier alpha value is 1.09. The fourth-order valence-electron chi connectivity index (χ4n) is 0.356. The van der Waals surface area contributed by atoms with Crippen molar-refractivity contribution in [3.63, 3.8) is 0 Å². The van der Waals surface area contributed by atoms with E-state index in [0.717, 1.165) is 16.0 Å². The van der Waals surface area contributed by atoms with E-state index >= 15 is 0 Å². The number of rotatable bonds is 2. The van der Waals surface area contributed by atoms with Crippen molar-refractivity contribution in [2.75, 3.05) is 0 Å². The Kier molecular flexibility index (Phi) is 12.9. The maximum Gasteiger partial charge on any atom is 0.109 e. The van der Waals surface area contributed by atoms with Gasteiger partial charge in [0.25, 0.3) is 0 Å². The smallest absolute Gasteiger partial charge is 0.109 e. The van der Waals surface area contributed by atoms with Crippen LogP contribution in [0, 0.1) is 5.92 Å². The third-order valence-electron chi connectivity index (χ3n) is 0.650. The molecule has 4 heteroatoms. The van der Waals surface area contributed by atoms with Crippen molar-refractivity contribution in [3.05, 3.63) is 0 Å². The van der Waals surface area contributed by atoms with Crippen LogP contribution in [0.15, 0.2) is 0 Å². The Morgan fingerprint density at radius 3 is 1.56 bits per heavy atom. The highest BCUT2D eigenvalue weighted by atomic mass is 35.6. The van der Waals surface area contributed by atoms with Gasteiger partial charge < -0.3 is 0 Å². The minimum absolute atomic E-state index is 0.181. The van der Waals surface area contributed by atoms with Gasteiger partial charge in [0.2, 0.25) is 0 Å². The molecular weight excluding hydrogens is 195 g/mol. The summed E-state index contributed by atoms with van der Waals surface area (Å²) < 4.78 is 0. The van der Waals surface area contributed by atoms with E-state index in [0.29, 0.717) is 5.92 Å². The summed E-state index contributed by atoms with van der Waals surface area (Å²) in [4.78, 5) is -0.181. The number of hydrogen-bond acceptors (Lipinski definition) is 0. The first-order valence-corrected chi connectivity index (χ1v) is 6.68. The van der Waals surface area contributed by atoms with Crippen LogP contribution in [-0.4, -0.2) is 14.4 Å². The zero-order valence-electron chi connectivity index (χ0n) is 6.00. The van der Waals surface area contributed by atoms with Crippen LogP contribution in [0.1, 0.15) is 20.3 Å². The van der Waals surface area contributed by atoms with Crippen LogP contribution in [0.2, 0.25) is 0 Å². The minimum atomic E-state index is -0.181. The molecule has 58 valence electrons. The number of alkyl halides is 2. The third kappa shape index (κ3) is 17.6. The predicted molar refractivity (Wildman–Crippen MR) is 50.7 cm³/mol. The van der Waals surface area contributed by atoms with Gasteiger partial charge in [0, 0.05) is 0 Å². The van der Waals surface area contributed by atoms with E-state index in [1.54, 1.807) is 0 Å². The van der Waals surface area contributed by atoms with E-state index in [-0.39, 0.29) is 4.84 Å². The molecular formula is C5H13Cl3Si. The first-order chi connectivity index (χ1) is 4.13. The highest BCUT2D eigenvalue weighted by Crippen LogP contribution is 2.12. The van der Waals surface area contributed by atoms with Crippen molar-refractivity contribution in [1.29, 1.82) is 0 Å². The van der Waals surface area contributed by atoms with E-state index in [9.17, 15) is 0 Å². The number of hydrogen-bond donors (Lipinski definition) is 0. The van der Waals surface area contributed by atoms with Gasteiger partial charge in [0.05, 0.1) is 0 Å². The summed E-state index contributed by atoms with van der Waals surface area (Å²) >= 11 is 15.7. The quantitative estimate of drug-likeness (QED) is 0.370. The third-order valence-corrected chi connectivity index (χ3v) is 1.01. The molecule has 0 fully saturated rings. The maximum absolute atomic E-state index is 5.44. The molecule has 0 aliphatic carbocycles. The zero-order valence-corrected chi connectivity index (χ0v) is 10.3. The summed E-state index contributed by atoms with van der Waals surface area (Å²) in [6.45, 7) is 4.19. The van der Waals surface area contributed by atoms with E-state index in [1.165, 1.54) is 0 Å². The largest absolute Gasteiger partial charge is 0.181 e. The lowest BCUT2D eigenvalue weighted by molar-refractivity contribution is 0.614. The molecule has 0 rings (SSSR count). The molecule has 0 atom stereocenters. The van der Waals surface area contributed by atoms with Crippen LogP contribution in [0.3, 0.4) is 0 Å². The Morgan fingerprint density at radius 1 is 1.22 bits per heavy atom. The lowest BCUT2D eigenvalue weighted by Gasteiger charge is -2.01. The Balaban J connectivity index is 0. The molecule has 0 nitrogen and oxygen atoms in total. The van der Waals surface area contributed by atoms with Gasteiger partial charge in [-0.15, -0.1) is 23.2 Å². The molecule has 0 spiro atoms. The summed E-state index contributed by atoms with van der Waals surface area (Å²) in [6, 6.07) is 0. The molecule has 9 heavy (non-hydrogen) atoms. The molecule has 0 aromatic heterocycles. The first-order valence-electron chi connectivity index (χ1n) is 2.79. The second-order valence-corrected chi connectivity index (χ2v) is 3.30. The molecule has 0 aliphatic rings. The van der Waals surface area contributed by atoms with Crippen LogP contribution in [0.25, 0.3) is 0 Å². The highest BCUT2D eigenvalue weighted by molar-refractivity contribution is 6.80. The Bertz CT molecular complexity index is 41.5. The van der Waals surface area contributed by atoms with Gasteiger partial charge in [-0.25, -0.2) is 0 Å². The van der Waals surface area contributed by atoms with Crippen LogP contribution in [-0.2, 0) is 0 Å². The van der Waals surface area contributed by atoms with Crippen LogP contribution in [0.5, 0.6) is 0 Å². The second kappa shape index (κ2) is 9.09. The first kappa shape index (κ1) is 12.7. The van der Waals surface area contributed by atoms with Gasteiger partial charge in [-0.3, -0.25) is 0 Å². The Labute approximate surface area is 75.0 Å². The van der Waals surface area contributed by atoms with Crippen LogP contribution >= 0.6 is 34.3 Å². The van der Waals surface area contributed by atoms with Gasteiger partial charge >= 0.3 is 0 Å². The van der Waals surface area contributed by atoms with Crippen molar-refractivity contribution in [2.45, 2.75) is 25.1 Å². The molecule has 0 saturated carbocycles. The van der Waals surface area contributed by atoms with E-state index in [4.69, 9.17) is 34.3 Å². The number of halogens is 3. The maximum atomic E-state index is 5.44. The lowest BCUT2D eigenvalue weighted by atomic mass is 10.2. The lowest BCUT2D eigenvalue weighted by Crippen LogP contribution is -1.93. The molecule has 0 radical (unpaired) electrons. The fraction of sp³-hybridized carbons (Fsp3) is 1.00. The molecule has 0 aliphatic heterocycles. The van der Waals surface area contributed by atoms with Crippen LogP contribution < -0.4 is 0 Å². The Morgan fingerprint density at radius 2 is 1.56 bits per heavy atom. The summed E-state index contributed by atoms with van der Waals surface area (Å²) in [5.41, 5.74) is 0. The van der Waals surface area contributed by atoms with Crippen molar-refractivity contribution in [2.24, 2.45) is 5.92 Å². The monoisotopic (exact) mass is 206 g/mol. The van der Waals surface area contributed by atoms with E-state index in [1.807, 2.05) is 0 Å². The van der Waals surface area contributed by atoms with Crippen molar-refractivity contribution < 1.29 is 0 Å². The summed E-state index contributed by atoms with van der Waals surface area (Å²) in [5.74, 6) is 0.611. The van der Waals surface area contributed by atoms with Gasteiger partial charge in [-0.2, -0.15) is 11.1 Å². The highest BCUT2D eigenvalue weighted by Gasteiger charge is 2.00. The molecule has 0 bridgehead atoms.